The van der Waals surface area contributed by atoms with Crippen molar-refractivity contribution in [3.63, 3.8) is 0 Å². The van der Waals surface area contributed by atoms with Gasteiger partial charge >= 0.3 is 0 Å². The molecule has 0 bridgehead atoms. The maximum atomic E-state index is 11.8. The molecule has 18 heavy (non-hydrogen) atoms. The van der Waals surface area contributed by atoms with Gasteiger partial charge in [-0.15, -0.1) is 0 Å². The van der Waals surface area contributed by atoms with Crippen LogP contribution >= 0.6 is 15.9 Å². The normalized spacial score (nSPS) is 10.3. The van der Waals surface area contributed by atoms with Crippen molar-refractivity contribution >= 4 is 21.8 Å². The molecule has 1 aromatic carbocycles. The highest BCUT2D eigenvalue weighted by molar-refractivity contribution is 9.08. The van der Waals surface area contributed by atoms with E-state index in [1.807, 2.05) is 19.1 Å². The predicted molar refractivity (Wildman–Crippen MR) is 71.5 cm³/mol. The van der Waals surface area contributed by atoms with Crippen LogP contribution in [0.25, 0.3) is 0 Å². The van der Waals surface area contributed by atoms with Crippen LogP contribution in [0.15, 0.2) is 34.9 Å². The third kappa shape index (κ3) is 3.20. The van der Waals surface area contributed by atoms with Crippen molar-refractivity contribution in [1.29, 1.82) is 0 Å². The maximum absolute atomic E-state index is 11.8. The molecule has 0 aliphatic carbocycles. The lowest BCUT2D eigenvalue weighted by atomic mass is 10.1. The average Bonchev–Trinajstić information content (AvgIpc) is 2.82. The summed E-state index contributed by atoms with van der Waals surface area (Å²) >= 11 is 3.36. The van der Waals surface area contributed by atoms with Gasteiger partial charge in [0, 0.05) is 17.0 Å². The van der Waals surface area contributed by atoms with E-state index in [1.165, 1.54) is 0 Å². The van der Waals surface area contributed by atoms with E-state index in [0.29, 0.717) is 12.1 Å². The quantitative estimate of drug-likeness (QED) is 0.884. The van der Waals surface area contributed by atoms with Crippen LogP contribution in [0.5, 0.6) is 0 Å². The number of nitrogens with one attached hydrogen (secondary N) is 1. The van der Waals surface area contributed by atoms with Gasteiger partial charge in [-0.1, -0.05) is 33.2 Å². The first kappa shape index (κ1) is 12.8. The molecule has 2 rings (SSSR count). The molecule has 5 heteroatoms. The molecule has 2 aromatic rings. The molecule has 0 unspecified atom stereocenters. The molecule has 94 valence electrons. The zero-order valence-electron chi connectivity index (χ0n) is 9.94. The molecule has 0 saturated heterocycles. The van der Waals surface area contributed by atoms with Gasteiger partial charge in [0.1, 0.15) is 11.5 Å². The Kier molecular flexibility index (Phi) is 4.15. The van der Waals surface area contributed by atoms with E-state index in [0.717, 1.165) is 22.3 Å². The van der Waals surface area contributed by atoms with E-state index in [-0.39, 0.29) is 5.91 Å². The number of nitrogens with zero attached hydrogens (tertiary/aromatic N) is 1. The highest BCUT2D eigenvalue weighted by Gasteiger charge is 2.06. The maximum Gasteiger partial charge on any atom is 0.251 e. The summed E-state index contributed by atoms with van der Waals surface area (Å²) < 4.78 is 4.93. The van der Waals surface area contributed by atoms with E-state index >= 15 is 0 Å². The summed E-state index contributed by atoms with van der Waals surface area (Å²) in [5.41, 5.74) is 2.50. The Hall–Kier alpha value is -1.62. The fraction of sp³-hybridized carbons (Fsp3) is 0.231. The van der Waals surface area contributed by atoms with Crippen LogP contribution < -0.4 is 5.32 Å². The fourth-order valence-corrected chi connectivity index (χ4v) is 1.89. The Morgan fingerprint density at radius 1 is 1.39 bits per heavy atom. The minimum Gasteiger partial charge on any atom is -0.361 e. The molecular formula is C13H13BrN2O2. The smallest absolute Gasteiger partial charge is 0.251 e. The first-order chi connectivity index (χ1) is 8.69. The van der Waals surface area contributed by atoms with Gasteiger partial charge in [-0.05, 0) is 24.6 Å². The first-order valence-corrected chi connectivity index (χ1v) is 6.66. The molecule has 0 saturated carbocycles. The van der Waals surface area contributed by atoms with Gasteiger partial charge in [-0.3, -0.25) is 4.79 Å². The summed E-state index contributed by atoms with van der Waals surface area (Å²) in [6, 6.07) is 9.25. The van der Waals surface area contributed by atoms with Crippen molar-refractivity contribution < 1.29 is 9.32 Å². The number of amides is 1. The van der Waals surface area contributed by atoms with E-state index in [1.54, 1.807) is 18.2 Å². The van der Waals surface area contributed by atoms with Crippen LogP contribution in [-0.2, 0) is 11.9 Å². The minimum atomic E-state index is -0.114. The first-order valence-electron chi connectivity index (χ1n) is 5.54. The lowest BCUT2D eigenvalue weighted by Gasteiger charge is -2.03. The number of benzene rings is 1. The number of rotatable bonds is 4. The summed E-state index contributed by atoms with van der Waals surface area (Å²) in [4.78, 5) is 11.8. The number of aromatic nitrogens is 1. The highest BCUT2D eigenvalue weighted by Crippen LogP contribution is 2.08. The number of aryl methyl sites for hydroxylation is 1. The Morgan fingerprint density at radius 2 is 2.11 bits per heavy atom. The molecule has 1 heterocycles. The third-order valence-electron chi connectivity index (χ3n) is 2.48. The van der Waals surface area contributed by atoms with E-state index in [9.17, 15) is 4.79 Å². The van der Waals surface area contributed by atoms with Crippen LogP contribution in [0.4, 0.5) is 0 Å². The van der Waals surface area contributed by atoms with Gasteiger partial charge in [0.25, 0.3) is 5.91 Å². The van der Waals surface area contributed by atoms with Crippen LogP contribution in [0.3, 0.4) is 0 Å². The van der Waals surface area contributed by atoms with Crippen LogP contribution in [0, 0.1) is 6.92 Å². The highest BCUT2D eigenvalue weighted by atomic mass is 79.9. The number of hydrogen-bond donors (Lipinski definition) is 1. The van der Waals surface area contributed by atoms with E-state index < -0.39 is 0 Å². The van der Waals surface area contributed by atoms with Crippen LogP contribution in [0.2, 0.25) is 0 Å². The summed E-state index contributed by atoms with van der Waals surface area (Å²) in [5, 5.41) is 7.39. The van der Waals surface area contributed by atoms with Crippen molar-refractivity contribution in [2.75, 3.05) is 0 Å². The molecule has 1 aromatic heterocycles. The predicted octanol–water partition coefficient (Wildman–Crippen LogP) is 2.81. The van der Waals surface area contributed by atoms with Crippen molar-refractivity contribution in [1.82, 2.24) is 10.5 Å². The zero-order valence-corrected chi connectivity index (χ0v) is 11.5. The minimum absolute atomic E-state index is 0.114. The monoisotopic (exact) mass is 308 g/mol. The van der Waals surface area contributed by atoms with Crippen molar-refractivity contribution in [3.8, 4) is 0 Å². The fourth-order valence-electron chi connectivity index (χ4n) is 1.52. The summed E-state index contributed by atoms with van der Waals surface area (Å²) in [6.45, 7) is 2.19. The lowest BCUT2D eigenvalue weighted by molar-refractivity contribution is 0.0950. The van der Waals surface area contributed by atoms with Crippen molar-refractivity contribution in [2.45, 2.75) is 18.8 Å². The van der Waals surface area contributed by atoms with Gasteiger partial charge in [0.05, 0.1) is 6.54 Å². The second-order valence-electron chi connectivity index (χ2n) is 3.94. The molecule has 0 radical (unpaired) electrons. The molecule has 4 nitrogen and oxygen atoms in total. The molecule has 0 fully saturated rings. The summed E-state index contributed by atoms with van der Waals surface area (Å²) in [6.07, 6.45) is 0. The Labute approximate surface area is 113 Å². The largest absolute Gasteiger partial charge is 0.361 e. The van der Waals surface area contributed by atoms with Crippen molar-refractivity contribution in [2.24, 2.45) is 0 Å². The lowest BCUT2D eigenvalue weighted by Crippen LogP contribution is -2.22. The van der Waals surface area contributed by atoms with Gasteiger partial charge in [0.15, 0.2) is 0 Å². The second kappa shape index (κ2) is 5.82. The number of carbonyl (C=O) groups is 1. The van der Waals surface area contributed by atoms with E-state index in [4.69, 9.17) is 4.52 Å². The molecule has 1 N–H and O–H groups in total. The SMILES string of the molecule is Cc1cc(CNC(=O)c2ccc(CBr)cc2)no1. The average molecular weight is 309 g/mol. The molecular weight excluding hydrogens is 296 g/mol. The van der Waals surface area contributed by atoms with Gasteiger partial charge in [-0.25, -0.2) is 0 Å². The molecule has 0 aliphatic heterocycles. The third-order valence-corrected chi connectivity index (χ3v) is 3.12. The topological polar surface area (TPSA) is 55.1 Å². The molecule has 0 spiro atoms. The Morgan fingerprint density at radius 3 is 2.67 bits per heavy atom. The number of carbonyl (C=O) groups excluding carboxylic acids is 1. The van der Waals surface area contributed by atoms with Crippen LogP contribution in [0.1, 0.15) is 27.4 Å². The van der Waals surface area contributed by atoms with E-state index in [2.05, 4.69) is 26.4 Å². The Balaban J connectivity index is 1.94. The summed E-state index contributed by atoms with van der Waals surface area (Å²) in [7, 11) is 0. The summed E-state index contributed by atoms with van der Waals surface area (Å²) in [5.74, 6) is 0.623. The van der Waals surface area contributed by atoms with Gasteiger partial charge in [-0.2, -0.15) is 0 Å². The number of hydrogen-bond acceptors (Lipinski definition) is 3. The second-order valence-corrected chi connectivity index (χ2v) is 4.50. The number of alkyl halides is 1. The number of halogens is 1. The zero-order chi connectivity index (χ0) is 13.0. The van der Waals surface area contributed by atoms with Gasteiger partial charge < -0.3 is 9.84 Å². The molecule has 1 amide bonds. The standard InChI is InChI=1S/C13H13BrN2O2/c1-9-6-12(16-18-9)8-15-13(17)11-4-2-10(7-14)3-5-11/h2-6H,7-8H2,1H3,(H,15,17). The molecule has 0 atom stereocenters. The van der Waals surface area contributed by atoms with Crippen LogP contribution in [-0.4, -0.2) is 11.1 Å². The van der Waals surface area contributed by atoms with Gasteiger partial charge in [0.2, 0.25) is 0 Å². The molecule has 0 aliphatic rings. The Bertz CT molecular complexity index is 534. The van der Waals surface area contributed by atoms with Crippen molar-refractivity contribution in [3.05, 3.63) is 52.9 Å².